The summed E-state index contributed by atoms with van der Waals surface area (Å²) in [5, 5.41) is 2.68. The fourth-order valence-corrected chi connectivity index (χ4v) is 3.26. The Bertz CT molecular complexity index is 343. The molecule has 5 heteroatoms. The molecule has 2 aliphatic rings. The van der Waals surface area contributed by atoms with Crippen LogP contribution in [0.1, 0.15) is 44.9 Å². The van der Waals surface area contributed by atoms with Gasteiger partial charge in [-0.1, -0.05) is 12.8 Å². The van der Waals surface area contributed by atoms with Gasteiger partial charge >= 0.3 is 0 Å². The van der Waals surface area contributed by atoms with E-state index in [1.807, 2.05) is 4.90 Å². The van der Waals surface area contributed by atoms with Crippen LogP contribution in [0.15, 0.2) is 0 Å². The molecule has 0 aromatic carbocycles. The van der Waals surface area contributed by atoms with E-state index in [1.165, 1.54) is 0 Å². The standard InChI is InChI=1S/C14H25N3O2/c1-16-13(19)11-4-8-17(9-5-11)12(18)10-14(15)6-2-3-7-14/h11H,2-10,15H2,1H3,(H,16,19). The minimum Gasteiger partial charge on any atom is -0.359 e. The lowest BCUT2D eigenvalue weighted by atomic mass is 9.92. The maximum absolute atomic E-state index is 12.3. The molecule has 2 rings (SSSR count). The third-order valence-corrected chi connectivity index (χ3v) is 4.57. The monoisotopic (exact) mass is 267 g/mol. The van der Waals surface area contributed by atoms with Gasteiger partial charge in [0.2, 0.25) is 11.8 Å². The van der Waals surface area contributed by atoms with Crippen LogP contribution in [0.2, 0.25) is 0 Å². The molecular weight excluding hydrogens is 242 g/mol. The lowest BCUT2D eigenvalue weighted by Gasteiger charge is -2.33. The largest absolute Gasteiger partial charge is 0.359 e. The van der Waals surface area contributed by atoms with Crippen molar-refractivity contribution < 1.29 is 9.59 Å². The molecule has 0 aromatic heterocycles. The smallest absolute Gasteiger partial charge is 0.224 e. The average molecular weight is 267 g/mol. The van der Waals surface area contributed by atoms with Crippen molar-refractivity contribution in [2.24, 2.45) is 11.7 Å². The highest BCUT2D eigenvalue weighted by molar-refractivity contribution is 5.80. The molecule has 0 atom stereocenters. The van der Waals surface area contributed by atoms with Crippen LogP contribution < -0.4 is 11.1 Å². The highest BCUT2D eigenvalue weighted by Gasteiger charge is 2.34. The molecule has 1 aliphatic carbocycles. The average Bonchev–Trinajstić information content (AvgIpc) is 2.84. The molecule has 0 unspecified atom stereocenters. The normalized spacial score (nSPS) is 23.4. The van der Waals surface area contributed by atoms with Gasteiger partial charge in [0, 0.05) is 38.0 Å². The fraction of sp³-hybridized carbons (Fsp3) is 0.857. The van der Waals surface area contributed by atoms with Crippen molar-refractivity contribution >= 4 is 11.8 Å². The van der Waals surface area contributed by atoms with Crippen LogP contribution in [0.25, 0.3) is 0 Å². The maximum atomic E-state index is 12.3. The summed E-state index contributed by atoms with van der Waals surface area (Å²) in [5.41, 5.74) is 5.98. The molecule has 1 saturated carbocycles. The molecule has 0 aromatic rings. The minimum atomic E-state index is -0.269. The molecule has 3 N–H and O–H groups in total. The molecule has 0 radical (unpaired) electrons. The van der Waals surface area contributed by atoms with Crippen molar-refractivity contribution in [2.75, 3.05) is 20.1 Å². The van der Waals surface area contributed by atoms with Crippen molar-refractivity contribution in [3.8, 4) is 0 Å². The van der Waals surface area contributed by atoms with Gasteiger partial charge in [0.25, 0.3) is 0 Å². The van der Waals surface area contributed by atoms with E-state index >= 15 is 0 Å². The zero-order valence-electron chi connectivity index (χ0n) is 11.8. The van der Waals surface area contributed by atoms with Crippen molar-refractivity contribution in [3.63, 3.8) is 0 Å². The number of nitrogens with one attached hydrogen (secondary N) is 1. The predicted molar refractivity (Wildman–Crippen MR) is 73.4 cm³/mol. The molecule has 1 heterocycles. The van der Waals surface area contributed by atoms with Gasteiger partial charge in [-0.05, 0) is 25.7 Å². The molecule has 0 spiro atoms. The van der Waals surface area contributed by atoms with Crippen molar-refractivity contribution in [1.82, 2.24) is 10.2 Å². The number of hydrogen-bond acceptors (Lipinski definition) is 3. The second-order valence-corrected chi connectivity index (χ2v) is 6.02. The molecule has 108 valence electrons. The number of rotatable bonds is 3. The lowest BCUT2D eigenvalue weighted by Crippen LogP contribution is -2.47. The first kappa shape index (κ1) is 14.3. The maximum Gasteiger partial charge on any atom is 0.224 e. The van der Waals surface area contributed by atoms with Gasteiger partial charge in [0.05, 0.1) is 0 Å². The topological polar surface area (TPSA) is 75.4 Å². The Labute approximate surface area is 114 Å². The Morgan fingerprint density at radius 1 is 1.26 bits per heavy atom. The number of carbonyl (C=O) groups is 2. The molecule has 5 nitrogen and oxygen atoms in total. The van der Waals surface area contributed by atoms with E-state index in [0.717, 1.165) is 38.5 Å². The highest BCUT2D eigenvalue weighted by Crippen LogP contribution is 2.31. The van der Waals surface area contributed by atoms with Gasteiger partial charge in [-0.15, -0.1) is 0 Å². The Kier molecular flexibility index (Phi) is 4.45. The van der Waals surface area contributed by atoms with Gasteiger partial charge in [-0.2, -0.15) is 0 Å². The second-order valence-electron chi connectivity index (χ2n) is 6.02. The van der Waals surface area contributed by atoms with E-state index in [2.05, 4.69) is 5.32 Å². The summed E-state index contributed by atoms with van der Waals surface area (Å²) < 4.78 is 0. The van der Waals surface area contributed by atoms with Gasteiger partial charge in [0.15, 0.2) is 0 Å². The number of amides is 2. The molecule has 2 amide bonds. The number of hydrogen-bond donors (Lipinski definition) is 2. The Morgan fingerprint density at radius 3 is 2.37 bits per heavy atom. The summed E-state index contributed by atoms with van der Waals surface area (Å²) in [6.45, 7) is 1.38. The van der Waals surface area contributed by atoms with Crippen LogP contribution in [0.3, 0.4) is 0 Å². The van der Waals surface area contributed by atoms with E-state index in [-0.39, 0.29) is 23.3 Å². The Balaban J connectivity index is 1.81. The van der Waals surface area contributed by atoms with E-state index in [9.17, 15) is 9.59 Å². The third kappa shape index (κ3) is 3.47. The predicted octanol–water partition coefficient (Wildman–Crippen LogP) is 0.633. The van der Waals surface area contributed by atoms with E-state index in [0.29, 0.717) is 19.5 Å². The Hall–Kier alpha value is -1.10. The van der Waals surface area contributed by atoms with Gasteiger partial charge in [-0.3, -0.25) is 9.59 Å². The molecule has 0 bridgehead atoms. The van der Waals surface area contributed by atoms with Crippen LogP contribution >= 0.6 is 0 Å². The number of nitrogens with zero attached hydrogens (tertiary/aromatic N) is 1. The Morgan fingerprint density at radius 2 is 1.84 bits per heavy atom. The van der Waals surface area contributed by atoms with Crippen LogP contribution in [0.5, 0.6) is 0 Å². The number of likely N-dealkylation sites (tertiary alicyclic amines) is 1. The summed E-state index contributed by atoms with van der Waals surface area (Å²) in [4.78, 5) is 25.7. The lowest BCUT2D eigenvalue weighted by molar-refractivity contribution is -0.136. The van der Waals surface area contributed by atoms with E-state index < -0.39 is 0 Å². The zero-order valence-corrected chi connectivity index (χ0v) is 11.8. The summed E-state index contributed by atoms with van der Waals surface area (Å²) in [6, 6.07) is 0. The first-order chi connectivity index (χ1) is 9.04. The molecule has 2 fully saturated rings. The van der Waals surface area contributed by atoms with Crippen LogP contribution in [-0.4, -0.2) is 42.4 Å². The first-order valence-corrected chi connectivity index (χ1v) is 7.32. The summed E-state index contributed by atoms with van der Waals surface area (Å²) in [6.07, 6.45) is 6.22. The van der Waals surface area contributed by atoms with E-state index in [4.69, 9.17) is 5.73 Å². The zero-order chi connectivity index (χ0) is 13.9. The van der Waals surface area contributed by atoms with Crippen LogP contribution in [-0.2, 0) is 9.59 Å². The molecule has 19 heavy (non-hydrogen) atoms. The second kappa shape index (κ2) is 5.90. The van der Waals surface area contributed by atoms with E-state index in [1.54, 1.807) is 7.05 Å². The van der Waals surface area contributed by atoms with Gasteiger partial charge in [0.1, 0.15) is 0 Å². The molecule has 1 saturated heterocycles. The number of carbonyl (C=O) groups excluding carboxylic acids is 2. The SMILES string of the molecule is CNC(=O)C1CCN(C(=O)CC2(N)CCCC2)CC1. The third-order valence-electron chi connectivity index (χ3n) is 4.57. The van der Waals surface area contributed by atoms with Crippen molar-refractivity contribution in [2.45, 2.75) is 50.5 Å². The van der Waals surface area contributed by atoms with Gasteiger partial charge < -0.3 is 16.0 Å². The number of nitrogens with two attached hydrogens (primary N) is 1. The van der Waals surface area contributed by atoms with Crippen molar-refractivity contribution in [1.29, 1.82) is 0 Å². The summed E-state index contributed by atoms with van der Waals surface area (Å²) in [7, 11) is 1.66. The summed E-state index contributed by atoms with van der Waals surface area (Å²) >= 11 is 0. The fourth-order valence-electron chi connectivity index (χ4n) is 3.26. The van der Waals surface area contributed by atoms with Crippen LogP contribution in [0.4, 0.5) is 0 Å². The minimum absolute atomic E-state index is 0.0624. The first-order valence-electron chi connectivity index (χ1n) is 7.32. The van der Waals surface area contributed by atoms with Crippen molar-refractivity contribution in [3.05, 3.63) is 0 Å². The van der Waals surface area contributed by atoms with Crippen LogP contribution in [0, 0.1) is 5.92 Å². The molecular formula is C14H25N3O2. The highest BCUT2D eigenvalue weighted by atomic mass is 16.2. The summed E-state index contributed by atoms with van der Waals surface area (Å²) in [5.74, 6) is 0.324. The van der Waals surface area contributed by atoms with Gasteiger partial charge in [-0.25, -0.2) is 0 Å². The number of piperidine rings is 1. The quantitative estimate of drug-likeness (QED) is 0.787. The molecule has 1 aliphatic heterocycles.